The summed E-state index contributed by atoms with van der Waals surface area (Å²) in [4.78, 5) is 3.78. The van der Waals surface area contributed by atoms with Gasteiger partial charge in [-0.25, -0.2) is 13.4 Å². The third-order valence-electron chi connectivity index (χ3n) is 2.74. The van der Waals surface area contributed by atoms with E-state index in [2.05, 4.69) is 9.71 Å². The second kappa shape index (κ2) is 6.35. The number of pyridine rings is 1. The minimum atomic E-state index is -3.86. The fourth-order valence-electron chi connectivity index (χ4n) is 1.71. The number of benzene rings is 1. The molecule has 0 saturated heterocycles. The van der Waals surface area contributed by atoms with Crippen molar-refractivity contribution in [1.29, 1.82) is 5.26 Å². The zero-order chi connectivity index (χ0) is 15.3. The molecule has 0 saturated carbocycles. The Kier molecular flexibility index (Phi) is 4.52. The summed E-state index contributed by atoms with van der Waals surface area (Å²) in [5.74, 6) is 0.546. The van der Waals surface area contributed by atoms with E-state index < -0.39 is 16.1 Å². The van der Waals surface area contributed by atoms with Crippen LogP contribution in [0.3, 0.4) is 0 Å². The number of hydrogen-bond acceptors (Lipinski definition) is 5. The molecule has 0 aliphatic heterocycles. The lowest BCUT2D eigenvalue weighted by atomic mass is 10.1. The lowest BCUT2D eigenvalue weighted by molar-refractivity contribution is 0.414. The largest absolute Gasteiger partial charge is 0.497 e. The topological polar surface area (TPSA) is 92.1 Å². The van der Waals surface area contributed by atoms with Gasteiger partial charge >= 0.3 is 0 Å². The summed E-state index contributed by atoms with van der Waals surface area (Å²) < 4.78 is 31.7. The molecule has 2 rings (SSSR count). The van der Waals surface area contributed by atoms with Crippen molar-refractivity contribution in [2.45, 2.75) is 11.1 Å². The van der Waals surface area contributed by atoms with Crippen LogP contribution in [0.2, 0.25) is 0 Å². The molecule has 1 heterocycles. The van der Waals surface area contributed by atoms with E-state index >= 15 is 0 Å². The molecule has 0 spiro atoms. The molecule has 0 fully saturated rings. The van der Waals surface area contributed by atoms with Gasteiger partial charge in [0.25, 0.3) is 10.0 Å². The summed E-state index contributed by atoms with van der Waals surface area (Å²) in [7, 11) is -2.37. The highest BCUT2D eigenvalue weighted by atomic mass is 32.2. The predicted molar refractivity (Wildman–Crippen MR) is 75.9 cm³/mol. The Bertz CT molecular complexity index is 755. The zero-order valence-electron chi connectivity index (χ0n) is 11.2. The Morgan fingerprint density at radius 2 is 2.10 bits per heavy atom. The van der Waals surface area contributed by atoms with Crippen LogP contribution in [-0.4, -0.2) is 20.5 Å². The SMILES string of the molecule is COc1cccc([C@H](C#N)NS(=O)(=O)c2ccccn2)c1. The quantitative estimate of drug-likeness (QED) is 0.906. The predicted octanol–water partition coefficient (Wildman–Crippen LogP) is 1.63. The third kappa shape index (κ3) is 3.56. The van der Waals surface area contributed by atoms with E-state index in [-0.39, 0.29) is 5.03 Å². The molecule has 7 heteroatoms. The van der Waals surface area contributed by atoms with Crippen molar-refractivity contribution in [3.63, 3.8) is 0 Å². The Labute approximate surface area is 123 Å². The number of methoxy groups -OCH3 is 1. The number of nitrogens with zero attached hydrogens (tertiary/aromatic N) is 2. The molecule has 0 aliphatic rings. The first-order valence-corrected chi connectivity index (χ1v) is 7.52. The molecule has 1 aromatic carbocycles. The molecular formula is C14H13N3O3S. The van der Waals surface area contributed by atoms with Crippen LogP contribution in [0.1, 0.15) is 11.6 Å². The lowest BCUT2D eigenvalue weighted by Crippen LogP contribution is -2.28. The molecule has 0 radical (unpaired) electrons. The van der Waals surface area contributed by atoms with Gasteiger partial charge in [0.2, 0.25) is 0 Å². The van der Waals surface area contributed by atoms with Crippen LogP contribution in [0.15, 0.2) is 53.7 Å². The van der Waals surface area contributed by atoms with Crippen LogP contribution >= 0.6 is 0 Å². The van der Waals surface area contributed by atoms with Gasteiger partial charge in [-0.2, -0.15) is 9.98 Å². The van der Waals surface area contributed by atoms with Crippen molar-refractivity contribution >= 4 is 10.0 Å². The number of nitriles is 1. The van der Waals surface area contributed by atoms with Crippen molar-refractivity contribution in [2.75, 3.05) is 7.11 Å². The van der Waals surface area contributed by atoms with Crippen LogP contribution in [0.5, 0.6) is 5.75 Å². The maximum atomic E-state index is 12.2. The number of rotatable bonds is 5. The van der Waals surface area contributed by atoms with Crippen molar-refractivity contribution in [3.05, 3.63) is 54.2 Å². The summed E-state index contributed by atoms with van der Waals surface area (Å²) in [6, 6.07) is 12.1. The number of sulfonamides is 1. The molecule has 108 valence electrons. The second-order valence-electron chi connectivity index (χ2n) is 4.13. The summed E-state index contributed by atoms with van der Waals surface area (Å²) in [5, 5.41) is 9.08. The van der Waals surface area contributed by atoms with Gasteiger partial charge in [-0.15, -0.1) is 0 Å². The average molecular weight is 303 g/mol. The molecule has 1 atom stereocenters. The normalized spacial score (nSPS) is 12.4. The monoisotopic (exact) mass is 303 g/mol. The van der Waals surface area contributed by atoms with E-state index in [0.717, 1.165) is 0 Å². The van der Waals surface area contributed by atoms with Crippen LogP contribution in [0, 0.1) is 11.3 Å². The Morgan fingerprint density at radius 1 is 1.29 bits per heavy atom. The minimum Gasteiger partial charge on any atom is -0.497 e. The van der Waals surface area contributed by atoms with Crippen LogP contribution in [-0.2, 0) is 10.0 Å². The molecule has 0 amide bonds. The molecule has 21 heavy (non-hydrogen) atoms. The van der Waals surface area contributed by atoms with Gasteiger partial charge in [-0.1, -0.05) is 18.2 Å². The maximum absolute atomic E-state index is 12.2. The van der Waals surface area contributed by atoms with Gasteiger partial charge in [-0.05, 0) is 29.8 Å². The molecule has 0 aliphatic carbocycles. The first-order chi connectivity index (χ1) is 10.1. The van der Waals surface area contributed by atoms with Crippen LogP contribution in [0.25, 0.3) is 0 Å². The lowest BCUT2D eigenvalue weighted by Gasteiger charge is -2.12. The van der Waals surface area contributed by atoms with E-state index in [9.17, 15) is 13.7 Å². The number of nitrogens with one attached hydrogen (secondary N) is 1. The molecule has 6 nitrogen and oxygen atoms in total. The van der Waals surface area contributed by atoms with E-state index in [1.807, 2.05) is 6.07 Å². The van der Waals surface area contributed by atoms with Gasteiger partial charge in [-0.3, -0.25) is 0 Å². The summed E-state index contributed by atoms with van der Waals surface area (Å²) in [6.07, 6.45) is 1.38. The first-order valence-electron chi connectivity index (χ1n) is 6.04. The molecule has 1 N–H and O–H groups in total. The number of ether oxygens (including phenoxy) is 1. The van der Waals surface area contributed by atoms with Gasteiger partial charge in [0, 0.05) is 6.20 Å². The minimum absolute atomic E-state index is 0.131. The van der Waals surface area contributed by atoms with Crippen molar-refractivity contribution in [2.24, 2.45) is 0 Å². The van der Waals surface area contributed by atoms with Crippen molar-refractivity contribution in [3.8, 4) is 11.8 Å². The van der Waals surface area contributed by atoms with Gasteiger partial charge in [0.1, 0.15) is 11.8 Å². The van der Waals surface area contributed by atoms with Gasteiger partial charge in [0.05, 0.1) is 13.2 Å². The van der Waals surface area contributed by atoms with E-state index in [4.69, 9.17) is 4.74 Å². The second-order valence-corrected chi connectivity index (χ2v) is 5.79. The molecule has 0 bridgehead atoms. The summed E-state index contributed by atoms with van der Waals surface area (Å²) >= 11 is 0. The molecule has 1 aromatic heterocycles. The Morgan fingerprint density at radius 3 is 2.71 bits per heavy atom. The average Bonchev–Trinajstić information content (AvgIpc) is 2.53. The highest BCUT2D eigenvalue weighted by molar-refractivity contribution is 7.89. The highest BCUT2D eigenvalue weighted by Gasteiger charge is 2.22. The molecule has 0 unspecified atom stereocenters. The summed E-state index contributed by atoms with van der Waals surface area (Å²) in [5.41, 5.74) is 0.497. The number of aromatic nitrogens is 1. The summed E-state index contributed by atoms with van der Waals surface area (Å²) in [6.45, 7) is 0. The first kappa shape index (κ1) is 15.0. The van der Waals surface area contributed by atoms with E-state index in [1.165, 1.54) is 19.4 Å². The molecule has 2 aromatic rings. The highest BCUT2D eigenvalue weighted by Crippen LogP contribution is 2.20. The number of hydrogen-bond donors (Lipinski definition) is 1. The molecular weight excluding hydrogens is 290 g/mol. The van der Waals surface area contributed by atoms with Crippen LogP contribution in [0.4, 0.5) is 0 Å². The smallest absolute Gasteiger partial charge is 0.259 e. The zero-order valence-corrected chi connectivity index (χ0v) is 12.0. The van der Waals surface area contributed by atoms with Crippen molar-refractivity contribution in [1.82, 2.24) is 9.71 Å². The Hall–Kier alpha value is -2.43. The van der Waals surface area contributed by atoms with Gasteiger partial charge < -0.3 is 4.74 Å². The fourth-order valence-corrected chi connectivity index (χ4v) is 2.79. The van der Waals surface area contributed by atoms with E-state index in [1.54, 1.807) is 36.4 Å². The maximum Gasteiger partial charge on any atom is 0.259 e. The van der Waals surface area contributed by atoms with Gasteiger partial charge in [0.15, 0.2) is 5.03 Å². The standard InChI is InChI=1S/C14H13N3O3S/c1-20-12-6-4-5-11(9-12)13(10-15)17-21(18,19)14-7-2-3-8-16-14/h2-9,13,17H,1H3/t13-/m0/s1. The Balaban J connectivity index is 2.29. The fraction of sp³-hybridized carbons (Fsp3) is 0.143. The third-order valence-corrected chi connectivity index (χ3v) is 4.08. The van der Waals surface area contributed by atoms with Crippen LogP contribution < -0.4 is 9.46 Å². The van der Waals surface area contributed by atoms with Crippen molar-refractivity contribution < 1.29 is 13.2 Å². The van der Waals surface area contributed by atoms with E-state index in [0.29, 0.717) is 11.3 Å².